The van der Waals surface area contributed by atoms with Crippen LogP contribution in [0.3, 0.4) is 0 Å². The van der Waals surface area contributed by atoms with Crippen molar-refractivity contribution in [3.05, 3.63) is 42.5 Å². The fraction of sp³-hybridized carbons (Fsp3) is 0.435. The molecule has 9 heteroatoms. The number of ether oxygens (including phenoxy) is 2. The molecule has 0 bridgehead atoms. The number of benzene rings is 1. The minimum atomic E-state index is -0.556. The van der Waals surface area contributed by atoms with E-state index in [1.165, 1.54) is 19.5 Å². The van der Waals surface area contributed by atoms with Crippen LogP contribution in [0.25, 0.3) is 11.0 Å². The molecule has 1 amide bonds. The average Bonchev–Trinajstić information content (AvgIpc) is 3.33. The maximum atomic E-state index is 12.7. The number of amides is 1. The van der Waals surface area contributed by atoms with Crippen molar-refractivity contribution in [3.63, 3.8) is 0 Å². The lowest BCUT2D eigenvalue weighted by molar-refractivity contribution is -0.0264. The van der Waals surface area contributed by atoms with Gasteiger partial charge in [0.1, 0.15) is 5.60 Å². The number of carbonyl (C=O) groups is 1. The second-order valence-electron chi connectivity index (χ2n) is 9.08. The number of nitriles is 1. The lowest BCUT2D eigenvalue weighted by atomic mass is 9.68. The van der Waals surface area contributed by atoms with Gasteiger partial charge in [0.25, 0.3) is 0 Å². The van der Waals surface area contributed by atoms with Crippen LogP contribution < -0.4 is 9.64 Å². The number of aromatic nitrogens is 4. The highest BCUT2D eigenvalue weighted by Gasteiger charge is 2.52. The predicted octanol–water partition coefficient (Wildman–Crippen LogP) is 3.68. The van der Waals surface area contributed by atoms with Crippen LogP contribution in [0.2, 0.25) is 0 Å². The highest BCUT2D eigenvalue weighted by atomic mass is 16.6. The van der Waals surface area contributed by atoms with Gasteiger partial charge in [-0.25, -0.2) is 19.7 Å². The van der Waals surface area contributed by atoms with E-state index in [0.29, 0.717) is 23.8 Å². The molecule has 1 aliphatic carbocycles. The summed E-state index contributed by atoms with van der Waals surface area (Å²) in [6, 6.07) is 7.74. The summed E-state index contributed by atoms with van der Waals surface area (Å²) in [6.07, 6.45) is 8.01. The summed E-state index contributed by atoms with van der Waals surface area (Å²) in [5.41, 5.74) is 1.79. The van der Waals surface area contributed by atoms with E-state index in [-0.39, 0.29) is 11.5 Å². The first-order valence-corrected chi connectivity index (χ1v) is 10.6. The molecule has 2 aliphatic rings. The summed E-state index contributed by atoms with van der Waals surface area (Å²) in [6.45, 7) is 3.42. The molecule has 3 heterocycles. The Morgan fingerprint density at radius 1 is 1.25 bits per heavy atom. The Hall–Kier alpha value is -3.67. The Morgan fingerprint density at radius 2 is 2.12 bits per heavy atom. The number of hydrogen-bond acceptors (Lipinski definition) is 7. The van der Waals surface area contributed by atoms with Crippen molar-refractivity contribution in [1.29, 1.82) is 5.26 Å². The first-order valence-electron chi connectivity index (χ1n) is 10.6. The van der Waals surface area contributed by atoms with Gasteiger partial charge in [-0.15, -0.1) is 0 Å². The number of hydrogen-bond donors (Lipinski definition) is 0. The van der Waals surface area contributed by atoms with E-state index in [0.717, 1.165) is 43.3 Å². The van der Waals surface area contributed by atoms with Crippen LogP contribution in [0, 0.1) is 16.7 Å². The monoisotopic (exact) mass is 432 g/mol. The number of rotatable bonds is 4. The molecule has 1 aromatic carbocycles. The Bertz CT molecular complexity index is 1220. The highest BCUT2D eigenvalue weighted by molar-refractivity contribution is 5.89. The maximum Gasteiger partial charge on any atom is 0.416 e. The van der Waals surface area contributed by atoms with Crippen LogP contribution in [0.5, 0.6) is 5.88 Å². The number of carbonyl (C=O) groups excluding carboxylic acids is 1. The molecule has 1 aliphatic heterocycles. The van der Waals surface area contributed by atoms with Gasteiger partial charge in [-0.05, 0) is 49.3 Å². The van der Waals surface area contributed by atoms with E-state index in [2.05, 4.69) is 32.5 Å². The fourth-order valence-corrected chi connectivity index (χ4v) is 5.17. The van der Waals surface area contributed by atoms with Gasteiger partial charge in [-0.3, -0.25) is 4.90 Å². The van der Waals surface area contributed by atoms with Crippen molar-refractivity contribution in [2.75, 3.05) is 18.6 Å². The molecule has 32 heavy (non-hydrogen) atoms. The van der Waals surface area contributed by atoms with Gasteiger partial charge in [0.15, 0.2) is 5.82 Å². The van der Waals surface area contributed by atoms with Crippen LogP contribution >= 0.6 is 0 Å². The smallest absolute Gasteiger partial charge is 0.416 e. The van der Waals surface area contributed by atoms with Crippen LogP contribution in [0.4, 0.5) is 10.6 Å². The quantitative estimate of drug-likeness (QED) is 0.619. The van der Waals surface area contributed by atoms with Gasteiger partial charge in [0.05, 0.1) is 55.0 Å². The predicted molar refractivity (Wildman–Crippen MR) is 116 cm³/mol. The molecule has 2 fully saturated rings. The summed E-state index contributed by atoms with van der Waals surface area (Å²) >= 11 is 0. The number of imidazole rings is 1. The molecule has 1 spiro atoms. The zero-order valence-electron chi connectivity index (χ0n) is 18.1. The van der Waals surface area contributed by atoms with Gasteiger partial charge < -0.3 is 14.0 Å². The van der Waals surface area contributed by atoms with Crippen LogP contribution in [0.15, 0.2) is 36.9 Å². The van der Waals surface area contributed by atoms with Crippen molar-refractivity contribution in [2.24, 2.45) is 5.41 Å². The zero-order chi connectivity index (χ0) is 22.3. The third-order valence-electron chi connectivity index (χ3n) is 6.53. The van der Waals surface area contributed by atoms with Crippen molar-refractivity contribution in [2.45, 2.75) is 44.8 Å². The molecule has 2 unspecified atom stereocenters. The van der Waals surface area contributed by atoms with E-state index in [9.17, 15) is 10.1 Å². The third kappa shape index (κ3) is 3.51. The Kier molecular flexibility index (Phi) is 4.73. The molecule has 0 radical (unpaired) electrons. The topological polar surface area (TPSA) is 106 Å². The Labute approximate surface area is 185 Å². The first kappa shape index (κ1) is 20.2. The molecule has 1 saturated heterocycles. The highest BCUT2D eigenvalue weighted by Crippen LogP contribution is 2.47. The Balaban J connectivity index is 1.38. The van der Waals surface area contributed by atoms with E-state index >= 15 is 0 Å². The summed E-state index contributed by atoms with van der Waals surface area (Å²) in [7, 11) is 1.52. The molecule has 2 aromatic heterocycles. The molecule has 9 nitrogen and oxygen atoms in total. The van der Waals surface area contributed by atoms with Crippen molar-refractivity contribution < 1.29 is 14.3 Å². The van der Waals surface area contributed by atoms with E-state index in [4.69, 9.17) is 9.47 Å². The third-order valence-corrected chi connectivity index (χ3v) is 6.53. The number of methoxy groups -OCH3 is 1. The molecule has 0 N–H and O–H groups in total. The summed E-state index contributed by atoms with van der Waals surface area (Å²) in [4.78, 5) is 27.3. The molecule has 3 aromatic rings. The van der Waals surface area contributed by atoms with E-state index in [1.807, 2.05) is 18.5 Å². The second kappa shape index (κ2) is 7.48. The Morgan fingerprint density at radius 3 is 2.88 bits per heavy atom. The minimum Gasteiger partial charge on any atom is -0.480 e. The fourth-order valence-electron chi connectivity index (χ4n) is 5.17. The van der Waals surface area contributed by atoms with Crippen molar-refractivity contribution >= 4 is 22.9 Å². The van der Waals surface area contributed by atoms with Gasteiger partial charge in [-0.1, -0.05) is 6.92 Å². The minimum absolute atomic E-state index is 0.0869. The SMILES string of the molecule is COc1cnc(N2CC3(CCCC(C)(Cn4cnc5ccc(C#N)cc54)C3)OC2=O)cn1. The lowest BCUT2D eigenvalue weighted by Crippen LogP contribution is -2.45. The van der Waals surface area contributed by atoms with Gasteiger partial charge in [0, 0.05) is 6.54 Å². The number of fused-ring (bicyclic) bond motifs is 1. The summed E-state index contributed by atoms with van der Waals surface area (Å²) in [5.74, 6) is 0.859. The van der Waals surface area contributed by atoms with E-state index < -0.39 is 5.60 Å². The van der Waals surface area contributed by atoms with Gasteiger partial charge in [0.2, 0.25) is 5.88 Å². The number of nitrogens with zero attached hydrogens (tertiary/aromatic N) is 6. The molecular formula is C23H24N6O3. The number of anilines is 1. The van der Waals surface area contributed by atoms with E-state index in [1.54, 1.807) is 11.0 Å². The van der Waals surface area contributed by atoms with Gasteiger partial charge >= 0.3 is 6.09 Å². The molecule has 2 atom stereocenters. The summed E-state index contributed by atoms with van der Waals surface area (Å²) < 4.78 is 13.1. The average molecular weight is 432 g/mol. The second-order valence-corrected chi connectivity index (χ2v) is 9.08. The molecular weight excluding hydrogens is 408 g/mol. The van der Waals surface area contributed by atoms with Crippen LogP contribution in [-0.2, 0) is 11.3 Å². The lowest BCUT2D eigenvalue weighted by Gasteiger charge is -2.43. The zero-order valence-corrected chi connectivity index (χ0v) is 18.1. The summed E-state index contributed by atoms with van der Waals surface area (Å²) in [5, 5.41) is 9.26. The van der Waals surface area contributed by atoms with Gasteiger partial charge in [-0.2, -0.15) is 5.26 Å². The molecule has 164 valence electrons. The normalized spacial score (nSPS) is 25.2. The molecule has 5 rings (SSSR count). The van der Waals surface area contributed by atoms with Crippen molar-refractivity contribution in [3.8, 4) is 11.9 Å². The standard InChI is InChI=1S/C23H24N6O3/c1-22(13-28-15-27-17-5-4-16(9-24)8-18(17)28)6-3-7-23(12-22)14-29(21(30)32-23)19-10-26-20(31-2)11-25-19/h4-5,8,10-11,15H,3,6-7,12-14H2,1-2H3. The van der Waals surface area contributed by atoms with Crippen LogP contribution in [-0.4, -0.2) is 44.9 Å². The first-order chi connectivity index (χ1) is 15.4. The molecule has 1 saturated carbocycles. The van der Waals surface area contributed by atoms with Crippen molar-refractivity contribution in [1.82, 2.24) is 19.5 Å². The largest absolute Gasteiger partial charge is 0.480 e. The maximum absolute atomic E-state index is 12.7. The van der Waals surface area contributed by atoms with Crippen LogP contribution in [0.1, 0.15) is 38.2 Å².